The number of aromatic hydroxyl groups is 1. The summed E-state index contributed by atoms with van der Waals surface area (Å²) < 4.78 is 0. The molecule has 1 aromatic rings. The number of nitrogens with two attached hydrogens (primary N) is 4. The van der Waals surface area contributed by atoms with Gasteiger partial charge in [0.05, 0.1) is 6.04 Å². The van der Waals surface area contributed by atoms with Gasteiger partial charge in [-0.1, -0.05) is 39.8 Å². The standard InChI is InChI=1S/C40H65N11O10/c1-21(2)18-28(48-33(54)23(5)41)35(56)47-27(14-15-32(42)53)38(59)51-17-7-9-31(51)37(58)46-26(8-6-16-45-40(43)44)34(55)49-29(20-24-10-12-25(52)13-11-24)36(57)50-30(39(60)61)19-22(3)4/h10-13,21-23,26-31,52H,6-9,14-20,41H2,1-5H3,(H2,42,53)(H,46,58)(H,47,56)(H,48,54)(H,49,55)(H,50,57)(H,60,61)(H4,43,44,45)/t23-,26-,27-,28-,29-,30-,31-/m0/s1. The van der Waals surface area contributed by atoms with Crippen molar-refractivity contribution in [1.29, 1.82) is 0 Å². The van der Waals surface area contributed by atoms with Crippen LogP contribution < -0.4 is 49.5 Å². The Morgan fingerprint density at radius 1 is 0.738 bits per heavy atom. The molecule has 1 aliphatic rings. The molecule has 0 aliphatic carbocycles. The Kier molecular flexibility index (Phi) is 20.9. The maximum atomic E-state index is 14.1. The Labute approximate surface area is 355 Å². The van der Waals surface area contributed by atoms with Crippen molar-refractivity contribution in [1.82, 2.24) is 31.5 Å². The molecule has 1 aromatic carbocycles. The molecule has 15 N–H and O–H groups in total. The fourth-order valence-corrected chi connectivity index (χ4v) is 6.68. The number of benzene rings is 1. The number of carbonyl (C=O) groups excluding carboxylic acids is 7. The van der Waals surface area contributed by atoms with E-state index in [9.17, 15) is 48.6 Å². The smallest absolute Gasteiger partial charge is 0.326 e. The molecule has 2 rings (SSSR count). The second-order valence-electron chi connectivity index (χ2n) is 16.2. The number of hydrogen-bond acceptors (Lipinski definition) is 11. The molecule has 0 aromatic heterocycles. The minimum absolute atomic E-state index is 0.0324. The van der Waals surface area contributed by atoms with Gasteiger partial charge in [-0.2, -0.15) is 0 Å². The quantitative estimate of drug-likeness (QED) is 0.0294. The van der Waals surface area contributed by atoms with Gasteiger partial charge in [0, 0.05) is 25.9 Å². The molecule has 0 saturated carbocycles. The van der Waals surface area contributed by atoms with Crippen molar-refractivity contribution in [3.63, 3.8) is 0 Å². The molecule has 340 valence electrons. The second kappa shape index (κ2) is 24.9. The Morgan fingerprint density at radius 3 is 1.84 bits per heavy atom. The van der Waals surface area contributed by atoms with E-state index in [4.69, 9.17) is 22.9 Å². The molecule has 0 bridgehead atoms. The molecule has 21 nitrogen and oxygen atoms in total. The molecular formula is C40H65N11O10. The van der Waals surface area contributed by atoms with Gasteiger partial charge in [0.15, 0.2) is 5.96 Å². The summed E-state index contributed by atoms with van der Waals surface area (Å²) >= 11 is 0. The van der Waals surface area contributed by atoms with E-state index in [2.05, 4.69) is 31.6 Å². The normalized spacial score (nSPS) is 16.6. The van der Waals surface area contributed by atoms with E-state index >= 15 is 0 Å². The van der Waals surface area contributed by atoms with Crippen LogP contribution in [0.15, 0.2) is 29.3 Å². The molecule has 0 radical (unpaired) electrons. The van der Waals surface area contributed by atoms with Crippen molar-refractivity contribution in [2.24, 2.45) is 39.8 Å². The highest BCUT2D eigenvalue weighted by Gasteiger charge is 2.40. The van der Waals surface area contributed by atoms with Gasteiger partial charge in [-0.3, -0.25) is 38.6 Å². The lowest BCUT2D eigenvalue weighted by atomic mass is 10.0. The number of nitrogens with one attached hydrogen (secondary N) is 5. The predicted octanol–water partition coefficient (Wildman–Crippen LogP) is -1.81. The molecule has 1 aliphatic heterocycles. The molecule has 7 amide bonds. The number of likely N-dealkylation sites (tertiary alicyclic amines) is 1. The maximum absolute atomic E-state index is 14.1. The molecule has 0 unspecified atom stereocenters. The summed E-state index contributed by atoms with van der Waals surface area (Å²) in [7, 11) is 0. The first-order valence-corrected chi connectivity index (χ1v) is 20.5. The third-order valence-electron chi connectivity index (χ3n) is 9.80. The van der Waals surface area contributed by atoms with Crippen LogP contribution in [0.25, 0.3) is 0 Å². The minimum atomic E-state index is -1.33. The van der Waals surface area contributed by atoms with Gasteiger partial charge >= 0.3 is 5.97 Å². The lowest BCUT2D eigenvalue weighted by Gasteiger charge is -2.31. The van der Waals surface area contributed by atoms with E-state index in [0.29, 0.717) is 12.0 Å². The molecular weight excluding hydrogens is 795 g/mol. The van der Waals surface area contributed by atoms with Gasteiger partial charge in [0.2, 0.25) is 41.4 Å². The zero-order chi connectivity index (χ0) is 46.0. The number of aliphatic imine (C=N–C) groups is 1. The zero-order valence-electron chi connectivity index (χ0n) is 35.6. The monoisotopic (exact) mass is 859 g/mol. The second-order valence-corrected chi connectivity index (χ2v) is 16.2. The highest BCUT2D eigenvalue weighted by atomic mass is 16.4. The topological polar surface area (TPSA) is 357 Å². The van der Waals surface area contributed by atoms with E-state index in [1.165, 1.54) is 36.1 Å². The number of carboxylic acid groups (broad SMARTS) is 1. The van der Waals surface area contributed by atoms with Crippen molar-refractivity contribution in [3.05, 3.63) is 29.8 Å². The van der Waals surface area contributed by atoms with Crippen molar-refractivity contribution >= 4 is 53.3 Å². The van der Waals surface area contributed by atoms with E-state index < -0.39 is 89.6 Å². The summed E-state index contributed by atoms with van der Waals surface area (Å²) in [5.74, 6) is -6.70. The molecule has 1 saturated heterocycles. The summed E-state index contributed by atoms with van der Waals surface area (Å²) in [6.45, 7) is 8.87. The number of guanidine groups is 1. The number of carboxylic acids is 1. The summed E-state index contributed by atoms with van der Waals surface area (Å²) in [6.07, 6.45) is 0.408. The number of phenolic OH excluding ortho intramolecular Hbond substituents is 1. The fraction of sp³-hybridized carbons (Fsp3) is 0.625. The average Bonchev–Trinajstić information content (AvgIpc) is 3.67. The lowest BCUT2D eigenvalue weighted by molar-refractivity contribution is -0.143. The SMILES string of the molecule is CC(C)C[C@H](NC(=O)[C@H](Cc1ccc(O)cc1)NC(=O)[C@H](CCCN=C(N)N)NC(=O)[C@@H]1CCCN1C(=O)[C@H](CCC(N)=O)NC(=O)[C@H](CC(C)C)NC(=O)[C@H](C)N)C(=O)O. The van der Waals surface area contributed by atoms with Crippen LogP contribution in [0, 0.1) is 11.8 Å². The molecule has 1 heterocycles. The van der Waals surface area contributed by atoms with E-state index in [1.807, 2.05) is 13.8 Å². The molecule has 61 heavy (non-hydrogen) atoms. The summed E-state index contributed by atoms with van der Waals surface area (Å²) in [6, 6.07) is -2.49. The van der Waals surface area contributed by atoms with Crippen molar-refractivity contribution in [3.8, 4) is 5.75 Å². The predicted molar refractivity (Wildman–Crippen MR) is 225 cm³/mol. The number of amides is 7. The highest BCUT2D eigenvalue weighted by molar-refractivity contribution is 5.97. The Bertz CT molecular complexity index is 1720. The van der Waals surface area contributed by atoms with E-state index in [-0.39, 0.29) is 88.0 Å². The number of aliphatic carboxylic acids is 1. The molecule has 7 atom stereocenters. The van der Waals surface area contributed by atoms with E-state index in [0.717, 1.165) is 0 Å². The first-order chi connectivity index (χ1) is 28.6. The third-order valence-corrected chi connectivity index (χ3v) is 9.80. The molecule has 0 spiro atoms. The first kappa shape index (κ1) is 51.2. The zero-order valence-corrected chi connectivity index (χ0v) is 35.6. The van der Waals surface area contributed by atoms with Crippen LogP contribution in [-0.2, 0) is 44.8 Å². The van der Waals surface area contributed by atoms with Crippen molar-refractivity contribution in [2.75, 3.05) is 13.1 Å². The average molecular weight is 860 g/mol. The van der Waals surface area contributed by atoms with Crippen LogP contribution in [0.3, 0.4) is 0 Å². The van der Waals surface area contributed by atoms with Crippen molar-refractivity contribution < 1.29 is 48.6 Å². The molecule has 1 fully saturated rings. The fourth-order valence-electron chi connectivity index (χ4n) is 6.68. The first-order valence-electron chi connectivity index (χ1n) is 20.5. The van der Waals surface area contributed by atoms with Gasteiger partial charge in [0.25, 0.3) is 0 Å². The number of nitrogens with zero attached hydrogens (tertiary/aromatic N) is 2. The number of carbonyl (C=O) groups is 8. The molecule has 21 heteroatoms. The van der Waals surface area contributed by atoms with Gasteiger partial charge < -0.3 is 64.6 Å². The van der Waals surface area contributed by atoms with Gasteiger partial charge in [-0.05, 0) is 81.4 Å². The number of primary amides is 1. The summed E-state index contributed by atoms with van der Waals surface area (Å²) in [5, 5.41) is 32.7. The number of rotatable bonds is 25. The van der Waals surface area contributed by atoms with Crippen LogP contribution in [0.1, 0.15) is 91.5 Å². The lowest BCUT2D eigenvalue weighted by Crippen LogP contribution is -2.59. The van der Waals surface area contributed by atoms with Crippen LogP contribution >= 0.6 is 0 Å². The Morgan fingerprint density at radius 2 is 1.28 bits per heavy atom. The van der Waals surface area contributed by atoms with Crippen LogP contribution in [-0.4, -0.2) is 124 Å². The van der Waals surface area contributed by atoms with Gasteiger partial charge in [-0.25, -0.2) is 4.79 Å². The largest absolute Gasteiger partial charge is 0.508 e. The van der Waals surface area contributed by atoms with Crippen LogP contribution in [0.4, 0.5) is 0 Å². The Hall–Kier alpha value is -5.99. The third kappa shape index (κ3) is 18.0. The maximum Gasteiger partial charge on any atom is 0.326 e. The Balaban J connectivity index is 2.42. The highest BCUT2D eigenvalue weighted by Crippen LogP contribution is 2.21. The van der Waals surface area contributed by atoms with Gasteiger partial charge in [-0.15, -0.1) is 0 Å². The summed E-state index contributed by atoms with van der Waals surface area (Å²) in [4.78, 5) is 111. The van der Waals surface area contributed by atoms with E-state index in [1.54, 1.807) is 13.8 Å². The van der Waals surface area contributed by atoms with Crippen LogP contribution in [0.2, 0.25) is 0 Å². The minimum Gasteiger partial charge on any atom is -0.508 e. The summed E-state index contributed by atoms with van der Waals surface area (Å²) in [5.41, 5.74) is 22.6. The number of hydrogen-bond donors (Lipinski definition) is 11. The number of phenols is 1. The van der Waals surface area contributed by atoms with Crippen molar-refractivity contribution in [2.45, 2.75) is 135 Å². The van der Waals surface area contributed by atoms with Gasteiger partial charge in [0.1, 0.15) is 42.0 Å². The van der Waals surface area contributed by atoms with Crippen LogP contribution in [0.5, 0.6) is 5.75 Å².